The molecule has 40 heavy (non-hydrogen) atoms. The predicted molar refractivity (Wildman–Crippen MR) is 156 cm³/mol. The number of nitrogens with zero attached hydrogens (tertiary/aromatic N) is 2. The van der Waals surface area contributed by atoms with E-state index in [1.54, 1.807) is 44.2 Å². The van der Waals surface area contributed by atoms with Crippen LogP contribution in [0.5, 0.6) is 0 Å². The second kappa shape index (κ2) is 13.8. The lowest BCUT2D eigenvalue weighted by Crippen LogP contribution is -2.53. The van der Waals surface area contributed by atoms with Gasteiger partial charge < -0.3 is 10.2 Å². The zero-order valence-corrected chi connectivity index (χ0v) is 24.7. The number of anilines is 1. The fourth-order valence-corrected chi connectivity index (χ4v) is 5.89. The van der Waals surface area contributed by atoms with Gasteiger partial charge in [0, 0.05) is 17.6 Å². The van der Waals surface area contributed by atoms with Gasteiger partial charge in [0.05, 0.1) is 10.6 Å². The molecule has 3 aromatic rings. The van der Waals surface area contributed by atoms with E-state index in [1.165, 1.54) is 47.4 Å². The monoisotopic (exact) mass is 587 g/mol. The molecule has 0 aliphatic carbocycles. The van der Waals surface area contributed by atoms with Crippen molar-refractivity contribution in [3.8, 4) is 0 Å². The van der Waals surface area contributed by atoms with Crippen LogP contribution in [0.25, 0.3) is 0 Å². The highest BCUT2D eigenvalue weighted by molar-refractivity contribution is 7.92. The summed E-state index contributed by atoms with van der Waals surface area (Å²) in [6.45, 7) is 6.73. The molecule has 0 aliphatic rings. The molecule has 0 bridgehead atoms. The number of nitrogens with one attached hydrogen (secondary N) is 1. The van der Waals surface area contributed by atoms with Crippen LogP contribution in [0.2, 0.25) is 5.02 Å². The maximum atomic E-state index is 14.1. The fraction of sp³-hybridized carbons (Fsp3) is 0.333. The van der Waals surface area contributed by atoms with Gasteiger partial charge in [-0.1, -0.05) is 61.8 Å². The number of carbonyl (C=O) groups excluding carboxylic acids is 2. The summed E-state index contributed by atoms with van der Waals surface area (Å²) in [5.74, 6) is -1.36. The van der Waals surface area contributed by atoms with Crippen molar-refractivity contribution in [1.82, 2.24) is 10.2 Å². The number of hydrogen-bond donors (Lipinski definition) is 1. The van der Waals surface area contributed by atoms with Crippen molar-refractivity contribution < 1.29 is 22.4 Å². The van der Waals surface area contributed by atoms with Gasteiger partial charge in [-0.05, 0) is 74.2 Å². The highest BCUT2D eigenvalue weighted by Gasteiger charge is 2.34. The summed E-state index contributed by atoms with van der Waals surface area (Å²) < 4.78 is 42.4. The summed E-state index contributed by atoms with van der Waals surface area (Å²) in [5.41, 5.74) is 1.45. The van der Waals surface area contributed by atoms with Gasteiger partial charge in [-0.2, -0.15) is 0 Å². The zero-order valence-electron chi connectivity index (χ0n) is 23.1. The number of rotatable bonds is 12. The Hall–Kier alpha value is -3.43. The second-order valence-corrected chi connectivity index (χ2v) is 11.9. The molecule has 0 saturated heterocycles. The molecule has 2 amide bonds. The van der Waals surface area contributed by atoms with Crippen LogP contribution in [0, 0.1) is 12.7 Å². The summed E-state index contributed by atoms with van der Waals surface area (Å²) in [5, 5.41) is 3.24. The van der Waals surface area contributed by atoms with Crippen LogP contribution >= 0.6 is 11.6 Å². The molecule has 0 saturated carbocycles. The van der Waals surface area contributed by atoms with Gasteiger partial charge in [0.1, 0.15) is 18.4 Å². The normalized spacial score (nSPS) is 12.8. The van der Waals surface area contributed by atoms with E-state index < -0.39 is 34.3 Å². The summed E-state index contributed by atoms with van der Waals surface area (Å²) in [7, 11) is -4.20. The smallest absolute Gasteiger partial charge is 0.264 e. The molecule has 0 radical (unpaired) electrons. The summed E-state index contributed by atoms with van der Waals surface area (Å²) in [6.07, 6.45) is 0.988. The Labute approximate surface area is 241 Å². The van der Waals surface area contributed by atoms with Gasteiger partial charge in [0.15, 0.2) is 0 Å². The van der Waals surface area contributed by atoms with E-state index in [2.05, 4.69) is 5.32 Å². The topological polar surface area (TPSA) is 86.8 Å². The molecule has 0 unspecified atom stereocenters. The minimum absolute atomic E-state index is 0.00816. The number of carbonyl (C=O) groups is 2. The zero-order chi connectivity index (χ0) is 29.4. The molecule has 0 aromatic heterocycles. The lowest BCUT2D eigenvalue weighted by atomic mass is 10.1. The van der Waals surface area contributed by atoms with Gasteiger partial charge in [-0.25, -0.2) is 12.8 Å². The molecule has 1 N–H and O–H groups in total. The molecule has 10 heteroatoms. The quantitative estimate of drug-likeness (QED) is 0.294. The lowest BCUT2D eigenvalue weighted by Gasteiger charge is -2.34. The molecule has 7 nitrogen and oxygen atoms in total. The number of aryl methyl sites for hydroxylation is 1. The van der Waals surface area contributed by atoms with Crippen molar-refractivity contribution in [1.29, 1.82) is 0 Å². The van der Waals surface area contributed by atoms with Crippen LogP contribution in [0.1, 0.15) is 44.7 Å². The highest BCUT2D eigenvalue weighted by atomic mass is 35.5. The molecular weight excluding hydrogens is 553 g/mol. The van der Waals surface area contributed by atoms with E-state index >= 15 is 0 Å². The van der Waals surface area contributed by atoms with Crippen molar-refractivity contribution in [2.75, 3.05) is 10.8 Å². The Balaban J connectivity index is 2.08. The number of halogens is 2. The molecule has 3 aromatic carbocycles. The third kappa shape index (κ3) is 7.61. The van der Waals surface area contributed by atoms with Crippen molar-refractivity contribution in [2.45, 2.75) is 64.1 Å². The van der Waals surface area contributed by atoms with Crippen LogP contribution in [-0.4, -0.2) is 43.8 Å². The Morgan fingerprint density at radius 1 is 0.975 bits per heavy atom. The lowest BCUT2D eigenvalue weighted by molar-refractivity contribution is -0.140. The summed E-state index contributed by atoms with van der Waals surface area (Å²) >= 11 is 6.25. The van der Waals surface area contributed by atoms with E-state index in [1.807, 2.05) is 13.8 Å². The van der Waals surface area contributed by atoms with E-state index in [0.29, 0.717) is 22.6 Å². The first kappa shape index (κ1) is 31.1. The first-order valence-corrected chi connectivity index (χ1v) is 15.0. The SMILES string of the molecule is CC[C@H](C(=O)N[C@@H](C)CC)N(Cc1ccc(F)cc1)C(=O)CN(c1cc(Cl)ccc1C)S(=O)(=O)c1ccccc1. The standard InChI is InChI=1S/C30H35ClFN3O4S/c1-5-22(4)33-30(37)27(6-2)34(19-23-13-16-25(32)17-14-23)29(36)20-35(28-18-24(31)15-12-21(28)3)40(38,39)26-10-8-7-9-11-26/h7-18,22,27H,5-6,19-20H2,1-4H3,(H,33,37)/t22-,27+/m0/s1. The molecule has 0 aliphatic heterocycles. The first-order chi connectivity index (χ1) is 19.0. The van der Waals surface area contributed by atoms with Crippen LogP contribution in [0.15, 0.2) is 77.7 Å². The van der Waals surface area contributed by atoms with Crippen molar-refractivity contribution in [2.24, 2.45) is 0 Å². The van der Waals surface area contributed by atoms with Crippen LogP contribution in [0.3, 0.4) is 0 Å². The fourth-order valence-electron chi connectivity index (χ4n) is 4.23. The van der Waals surface area contributed by atoms with Crippen molar-refractivity contribution >= 4 is 39.1 Å². The highest BCUT2D eigenvalue weighted by Crippen LogP contribution is 2.30. The summed E-state index contributed by atoms with van der Waals surface area (Å²) in [4.78, 5) is 28.7. The van der Waals surface area contributed by atoms with Crippen molar-refractivity contribution in [3.05, 3.63) is 94.8 Å². The first-order valence-electron chi connectivity index (χ1n) is 13.2. The Bertz CT molecular complexity index is 1420. The van der Waals surface area contributed by atoms with Gasteiger partial charge in [0.25, 0.3) is 10.0 Å². The molecular formula is C30H35ClFN3O4S. The summed E-state index contributed by atoms with van der Waals surface area (Å²) in [6, 6.07) is 17.3. The largest absolute Gasteiger partial charge is 0.352 e. The molecule has 214 valence electrons. The Morgan fingerprint density at radius 2 is 1.62 bits per heavy atom. The van der Waals surface area contributed by atoms with Crippen LogP contribution < -0.4 is 9.62 Å². The van der Waals surface area contributed by atoms with Gasteiger partial charge >= 0.3 is 0 Å². The van der Waals surface area contributed by atoms with Crippen LogP contribution in [-0.2, 0) is 26.2 Å². The molecule has 0 spiro atoms. The van der Waals surface area contributed by atoms with E-state index in [-0.39, 0.29) is 35.5 Å². The minimum Gasteiger partial charge on any atom is -0.352 e. The maximum absolute atomic E-state index is 14.1. The average molecular weight is 588 g/mol. The minimum atomic E-state index is -4.20. The molecule has 0 fully saturated rings. The second-order valence-electron chi connectivity index (χ2n) is 9.65. The average Bonchev–Trinajstić information content (AvgIpc) is 2.94. The Kier molecular flexibility index (Phi) is 10.7. The number of hydrogen-bond acceptors (Lipinski definition) is 4. The molecule has 0 heterocycles. The van der Waals surface area contributed by atoms with E-state index in [4.69, 9.17) is 11.6 Å². The van der Waals surface area contributed by atoms with E-state index in [0.717, 1.165) is 4.31 Å². The number of amides is 2. The third-order valence-corrected chi connectivity index (χ3v) is 8.71. The van der Waals surface area contributed by atoms with Crippen LogP contribution in [0.4, 0.5) is 10.1 Å². The maximum Gasteiger partial charge on any atom is 0.264 e. The molecule has 2 atom stereocenters. The van der Waals surface area contributed by atoms with Crippen molar-refractivity contribution in [3.63, 3.8) is 0 Å². The van der Waals surface area contributed by atoms with Gasteiger partial charge in [0.2, 0.25) is 11.8 Å². The van der Waals surface area contributed by atoms with E-state index in [9.17, 15) is 22.4 Å². The van der Waals surface area contributed by atoms with Gasteiger partial charge in [-0.15, -0.1) is 0 Å². The Morgan fingerprint density at radius 3 is 2.23 bits per heavy atom. The number of sulfonamides is 1. The third-order valence-electron chi connectivity index (χ3n) is 6.70. The molecule has 3 rings (SSSR count). The predicted octanol–water partition coefficient (Wildman–Crippen LogP) is 5.70. The van der Waals surface area contributed by atoms with Gasteiger partial charge in [-0.3, -0.25) is 13.9 Å². The number of benzene rings is 3.